The van der Waals surface area contributed by atoms with E-state index in [0.29, 0.717) is 25.7 Å². The molecule has 0 bridgehead atoms. The number of carbonyl (C=O) groups is 3. The van der Waals surface area contributed by atoms with E-state index in [1.54, 1.807) is 12.1 Å². The molecule has 0 amide bonds. The van der Waals surface area contributed by atoms with Crippen molar-refractivity contribution < 1.29 is 28.6 Å². The molecule has 0 aliphatic rings. The molecule has 0 saturated carbocycles. The normalized spacial score (nSPS) is 11.1. The van der Waals surface area contributed by atoms with Crippen LogP contribution in [0.15, 0.2) is 12.1 Å². The molecule has 0 aliphatic carbocycles. The van der Waals surface area contributed by atoms with Gasteiger partial charge in [-0.05, 0) is 55.2 Å². The first kappa shape index (κ1) is 25.7. The summed E-state index contributed by atoms with van der Waals surface area (Å²) in [6.45, 7) is 12.0. The van der Waals surface area contributed by atoms with E-state index in [1.807, 2.05) is 20.8 Å². The van der Waals surface area contributed by atoms with Gasteiger partial charge < -0.3 is 14.2 Å². The Labute approximate surface area is 180 Å². The maximum atomic E-state index is 12.2. The highest BCUT2D eigenvalue weighted by atomic mass is 16.6. The van der Waals surface area contributed by atoms with Gasteiger partial charge in [0.15, 0.2) is 11.5 Å². The summed E-state index contributed by atoms with van der Waals surface area (Å²) in [5, 5.41) is 0. The molecule has 1 rings (SSSR count). The molecule has 0 spiro atoms. The van der Waals surface area contributed by atoms with Crippen LogP contribution in [0.2, 0.25) is 0 Å². The minimum absolute atomic E-state index is 0.0122. The topological polar surface area (TPSA) is 78.9 Å². The average molecular weight is 421 g/mol. The maximum absolute atomic E-state index is 12.2. The molecule has 0 radical (unpaired) electrons. The second kappa shape index (κ2) is 12.4. The summed E-state index contributed by atoms with van der Waals surface area (Å²) >= 11 is 0. The monoisotopic (exact) mass is 420 g/mol. The van der Waals surface area contributed by atoms with Gasteiger partial charge in [0, 0.05) is 19.3 Å². The number of benzene rings is 1. The fourth-order valence-electron chi connectivity index (χ4n) is 2.67. The fourth-order valence-corrected chi connectivity index (χ4v) is 2.67. The minimum atomic E-state index is -0.472. The van der Waals surface area contributed by atoms with Gasteiger partial charge in [0.1, 0.15) is 0 Å². The molecule has 0 N–H and O–H groups in total. The maximum Gasteiger partial charge on any atom is 0.311 e. The van der Waals surface area contributed by atoms with E-state index in [0.717, 1.165) is 12.0 Å². The summed E-state index contributed by atoms with van der Waals surface area (Å²) in [7, 11) is 0. The van der Waals surface area contributed by atoms with Crippen molar-refractivity contribution in [1.29, 1.82) is 0 Å². The number of carbonyl (C=O) groups excluding carboxylic acids is 3. The van der Waals surface area contributed by atoms with E-state index in [-0.39, 0.29) is 41.9 Å². The first-order valence-corrected chi connectivity index (χ1v) is 10.9. The van der Waals surface area contributed by atoms with Crippen molar-refractivity contribution in [2.75, 3.05) is 0 Å². The van der Waals surface area contributed by atoms with Gasteiger partial charge in [0.2, 0.25) is 5.75 Å². The van der Waals surface area contributed by atoms with Crippen LogP contribution in [0.4, 0.5) is 0 Å². The Morgan fingerprint density at radius 2 is 1.13 bits per heavy atom. The number of ether oxygens (including phenoxy) is 3. The van der Waals surface area contributed by atoms with Crippen molar-refractivity contribution in [3.8, 4) is 17.2 Å². The number of rotatable bonds is 11. The molecule has 1 aromatic rings. The number of hydrogen-bond donors (Lipinski definition) is 0. The van der Waals surface area contributed by atoms with E-state index < -0.39 is 17.9 Å². The highest BCUT2D eigenvalue weighted by Gasteiger charge is 2.23. The largest absolute Gasteiger partial charge is 0.422 e. The van der Waals surface area contributed by atoms with Crippen molar-refractivity contribution in [2.24, 2.45) is 5.41 Å². The van der Waals surface area contributed by atoms with Crippen LogP contribution in [0.5, 0.6) is 17.2 Å². The molecule has 30 heavy (non-hydrogen) atoms. The molecule has 0 aromatic heterocycles. The van der Waals surface area contributed by atoms with Gasteiger partial charge in [0.05, 0.1) is 0 Å². The summed E-state index contributed by atoms with van der Waals surface area (Å²) in [6.07, 6.45) is 4.13. The Bertz CT molecular complexity index is 689. The van der Waals surface area contributed by atoms with Crippen LogP contribution in [0.1, 0.15) is 92.1 Å². The molecule has 6 heteroatoms. The molecule has 0 atom stereocenters. The van der Waals surface area contributed by atoms with Crippen LogP contribution >= 0.6 is 0 Å². The third-order valence-corrected chi connectivity index (χ3v) is 4.27. The van der Waals surface area contributed by atoms with E-state index in [9.17, 15) is 14.4 Å². The first-order chi connectivity index (χ1) is 14.1. The molecule has 1 aromatic carbocycles. The summed E-state index contributed by atoms with van der Waals surface area (Å²) in [5.41, 5.74) is 0.948. The summed E-state index contributed by atoms with van der Waals surface area (Å²) in [5.74, 6) is -1.11. The van der Waals surface area contributed by atoms with Crippen molar-refractivity contribution in [3.05, 3.63) is 17.7 Å². The van der Waals surface area contributed by atoms with E-state index >= 15 is 0 Å². The lowest BCUT2D eigenvalue weighted by molar-refractivity contribution is -0.138. The zero-order valence-corrected chi connectivity index (χ0v) is 19.3. The molecule has 168 valence electrons. The quantitative estimate of drug-likeness (QED) is 0.333. The Kier molecular flexibility index (Phi) is 10.6. The van der Waals surface area contributed by atoms with Gasteiger partial charge in [-0.15, -0.1) is 0 Å². The lowest BCUT2D eigenvalue weighted by Gasteiger charge is -2.20. The average Bonchev–Trinajstić information content (AvgIpc) is 2.62. The number of esters is 3. The van der Waals surface area contributed by atoms with Gasteiger partial charge >= 0.3 is 17.9 Å². The SMILES string of the molecule is CCCC(=O)Oc1cc(CCC(C)(C)C)cc(OC(=O)CCC)c1OC(=O)CCC. The van der Waals surface area contributed by atoms with Gasteiger partial charge in [-0.2, -0.15) is 0 Å². The van der Waals surface area contributed by atoms with Crippen LogP contribution in [0.3, 0.4) is 0 Å². The molecule has 0 saturated heterocycles. The van der Waals surface area contributed by atoms with Crippen molar-refractivity contribution in [3.63, 3.8) is 0 Å². The van der Waals surface area contributed by atoms with Crippen LogP contribution in [-0.4, -0.2) is 17.9 Å². The molecule has 6 nitrogen and oxygen atoms in total. The van der Waals surface area contributed by atoms with Gasteiger partial charge in [-0.1, -0.05) is 41.5 Å². The predicted octanol–water partition coefficient (Wildman–Crippen LogP) is 5.78. The Morgan fingerprint density at radius 1 is 0.733 bits per heavy atom. The Morgan fingerprint density at radius 3 is 1.50 bits per heavy atom. The molecule has 0 heterocycles. The lowest BCUT2D eigenvalue weighted by Crippen LogP contribution is -2.15. The molecule has 0 unspecified atom stereocenters. The smallest absolute Gasteiger partial charge is 0.311 e. The molecular formula is C24H36O6. The minimum Gasteiger partial charge on any atom is -0.422 e. The van der Waals surface area contributed by atoms with Gasteiger partial charge in [0.25, 0.3) is 0 Å². The zero-order valence-electron chi connectivity index (χ0n) is 19.3. The van der Waals surface area contributed by atoms with Crippen LogP contribution in [0.25, 0.3) is 0 Å². The highest BCUT2D eigenvalue weighted by Crippen LogP contribution is 2.40. The van der Waals surface area contributed by atoms with Gasteiger partial charge in [-0.3, -0.25) is 14.4 Å². The molecular weight excluding hydrogens is 384 g/mol. The lowest BCUT2D eigenvalue weighted by atomic mass is 9.88. The van der Waals surface area contributed by atoms with E-state index in [1.165, 1.54) is 0 Å². The number of aryl methyl sites for hydroxylation is 1. The second-order valence-corrected chi connectivity index (χ2v) is 8.65. The van der Waals surface area contributed by atoms with Crippen LogP contribution in [0, 0.1) is 5.41 Å². The fraction of sp³-hybridized carbons (Fsp3) is 0.625. The van der Waals surface area contributed by atoms with Gasteiger partial charge in [-0.25, -0.2) is 0 Å². The third-order valence-electron chi connectivity index (χ3n) is 4.27. The summed E-state index contributed by atoms with van der Waals surface area (Å²) < 4.78 is 16.5. The highest BCUT2D eigenvalue weighted by molar-refractivity contribution is 5.80. The van der Waals surface area contributed by atoms with Crippen molar-refractivity contribution in [1.82, 2.24) is 0 Å². The van der Waals surface area contributed by atoms with Crippen LogP contribution in [-0.2, 0) is 20.8 Å². The van der Waals surface area contributed by atoms with Crippen LogP contribution < -0.4 is 14.2 Å². The van der Waals surface area contributed by atoms with E-state index in [2.05, 4.69) is 20.8 Å². The van der Waals surface area contributed by atoms with Crippen molar-refractivity contribution >= 4 is 17.9 Å². The summed E-state index contributed by atoms with van der Waals surface area (Å²) in [6, 6.07) is 3.40. The van der Waals surface area contributed by atoms with E-state index in [4.69, 9.17) is 14.2 Å². The Hall–Kier alpha value is -2.37. The standard InChI is InChI=1S/C24H36O6/c1-7-10-20(25)28-18-15-17(13-14-24(4,5)6)16-19(29-21(26)11-8-2)23(18)30-22(27)12-9-3/h15-16H,7-14H2,1-6H3. The third kappa shape index (κ3) is 9.42. The second-order valence-electron chi connectivity index (χ2n) is 8.65. The predicted molar refractivity (Wildman–Crippen MR) is 116 cm³/mol. The van der Waals surface area contributed by atoms with Crippen molar-refractivity contribution in [2.45, 2.75) is 92.9 Å². The molecule has 0 fully saturated rings. The first-order valence-electron chi connectivity index (χ1n) is 10.9. The zero-order chi connectivity index (χ0) is 22.7. The molecule has 0 aliphatic heterocycles. The number of hydrogen-bond acceptors (Lipinski definition) is 6. The summed E-state index contributed by atoms with van der Waals surface area (Å²) in [4.78, 5) is 36.5. The Balaban J connectivity index is 3.40.